The van der Waals surface area contributed by atoms with Crippen LogP contribution < -0.4 is 4.74 Å². The number of nitro groups is 1. The van der Waals surface area contributed by atoms with Gasteiger partial charge in [0.05, 0.1) is 18.1 Å². The summed E-state index contributed by atoms with van der Waals surface area (Å²) in [5.41, 5.74) is 0.400. The number of phenols is 1. The molecular formula is C15H18N2O5. The molecule has 7 heteroatoms. The highest BCUT2D eigenvalue weighted by atomic mass is 16.6. The molecule has 2 rings (SSSR count). The number of hydrogen-bond donors (Lipinski definition) is 1. The number of ether oxygens (including phenoxy) is 1. The van der Waals surface area contributed by atoms with Crippen molar-refractivity contribution in [2.75, 3.05) is 13.7 Å². The third kappa shape index (κ3) is 2.74. The van der Waals surface area contributed by atoms with Gasteiger partial charge in [0, 0.05) is 18.7 Å². The lowest BCUT2D eigenvalue weighted by molar-refractivity contribution is -0.385. The van der Waals surface area contributed by atoms with Crippen LogP contribution in [0.3, 0.4) is 0 Å². The molecule has 22 heavy (non-hydrogen) atoms. The number of carbonyl (C=O) groups excluding carboxylic acids is 1. The molecule has 118 valence electrons. The van der Waals surface area contributed by atoms with E-state index in [0.717, 1.165) is 18.1 Å². The number of phenolic OH excluding ortho intramolecular Hbond substituents is 1. The first kappa shape index (κ1) is 15.8. The van der Waals surface area contributed by atoms with Gasteiger partial charge >= 0.3 is 0 Å². The average molecular weight is 306 g/mol. The van der Waals surface area contributed by atoms with Crippen molar-refractivity contribution in [2.45, 2.75) is 25.8 Å². The van der Waals surface area contributed by atoms with Crippen LogP contribution in [-0.4, -0.2) is 40.5 Å². The highest BCUT2D eigenvalue weighted by molar-refractivity contribution is 5.99. The Morgan fingerprint density at radius 1 is 1.59 bits per heavy atom. The number of hydrogen-bond acceptors (Lipinski definition) is 5. The van der Waals surface area contributed by atoms with Gasteiger partial charge in [-0.2, -0.15) is 0 Å². The molecule has 1 aromatic rings. The van der Waals surface area contributed by atoms with Crippen molar-refractivity contribution in [3.8, 4) is 11.5 Å². The molecule has 1 saturated heterocycles. The molecule has 0 spiro atoms. The Labute approximate surface area is 128 Å². The fourth-order valence-electron chi connectivity index (χ4n) is 2.68. The zero-order valence-corrected chi connectivity index (χ0v) is 12.5. The topological polar surface area (TPSA) is 92.9 Å². The molecule has 1 heterocycles. The molecule has 1 fully saturated rings. The Morgan fingerprint density at radius 3 is 2.82 bits per heavy atom. The second-order valence-corrected chi connectivity index (χ2v) is 5.25. The summed E-state index contributed by atoms with van der Waals surface area (Å²) >= 11 is 0. The Bertz CT molecular complexity index is 641. The summed E-state index contributed by atoms with van der Waals surface area (Å²) in [5, 5.41) is 20.9. The SMILES string of the molecule is C=C1C[C@@H](CC)N(C(=O)c2cc(OC)c(O)cc2[N+](=O)[O-])C1. The van der Waals surface area contributed by atoms with Crippen molar-refractivity contribution in [3.05, 3.63) is 40.0 Å². The summed E-state index contributed by atoms with van der Waals surface area (Å²) in [6, 6.07) is 2.14. The van der Waals surface area contributed by atoms with Gasteiger partial charge in [-0.1, -0.05) is 19.1 Å². The van der Waals surface area contributed by atoms with Gasteiger partial charge in [0.1, 0.15) is 5.56 Å². The number of amides is 1. The number of nitrogens with zero attached hydrogens (tertiary/aromatic N) is 2. The molecule has 0 unspecified atom stereocenters. The highest BCUT2D eigenvalue weighted by Gasteiger charge is 2.34. The summed E-state index contributed by atoms with van der Waals surface area (Å²) in [5.74, 6) is -0.792. The van der Waals surface area contributed by atoms with Crippen molar-refractivity contribution >= 4 is 11.6 Å². The Hall–Kier alpha value is -2.57. The number of nitro benzene ring substituents is 1. The van der Waals surface area contributed by atoms with Crippen molar-refractivity contribution < 1.29 is 19.6 Å². The maximum atomic E-state index is 12.7. The summed E-state index contributed by atoms with van der Waals surface area (Å²) in [4.78, 5) is 24.8. The molecule has 1 aromatic carbocycles. The first-order chi connectivity index (χ1) is 10.4. The Kier molecular flexibility index (Phi) is 4.35. The van der Waals surface area contributed by atoms with E-state index in [4.69, 9.17) is 4.74 Å². The minimum atomic E-state index is -0.682. The molecule has 1 amide bonds. The number of aromatic hydroxyl groups is 1. The van der Waals surface area contributed by atoms with Crippen LogP contribution in [0.4, 0.5) is 5.69 Å². The van der Waals surface area contributed by atoms with E-state index in [2.05, 4.69) is 6.58 Å². The molecular weight excluding hydrogens is 288 g/mol. The van der Waals surface area contributed by atoms with E-state index >= 15 is 0 Å². The standard InChI is InChI=1S/C15H18N2O5/c1-4-10-5-9(2)8-16(10)15(19)11-6-14(22-3)13(18)7-12(11)17(20)21/h6-7,10,18H,2,4-5,8H2,1,3H3/t10-/m1/s1. The van der Waals surface area contributed by atoms with Gasteiger partial charge < -0.3 is 14.7 Å². The van der Waals surface area contributed by atoms with E-state index in [0.29, 0.717) is 13.0 Å². The fraction of sp³-hybridized carbons (Fsp3) is 0.400. The Balaban J connectivity index is 2.48. The van der Waals surface area contributed by atoms with E-state index in [9.17, 15) is 20.0 Å². The normalized spacial score (nSPS) is 17.6. The fourth-order valence-corrected chi connectivity index (χ4v) is 2.68. The molecule has 1 N–H and O–H groups in total. The summed E-state index contributed by atoms with van der Waals surface area (Å²) in [6.07, 6.45) is 1.44. The molecule has 1 atom stereocenters. The largest absolute Gasteiger partial charge is 0.504 e. The van der Waals surface area contributed by atoms with Crippen LogP contribution in [0.1, 0.15) is 30.1 Å². The minimum Gasteiger partial charge on any atom is -0.504 e. The van der Waals surface area contributed by atoms with Gasteiger partial charge in [-0.3, -0.25) is 14.9 Å². The maximum Gasteiger partial charge on any atom is 0.286 e. The van der Waals surface area contributed by atoms with Crippen LogP contribution in [0.25, 0.3) is 0 Å². The average Bonchev–Trinajstić information content (AvgIpc) is 2.87. The third-order valence-corrected chi connectivity index (χ3v) is 3.82. The molecule has 1 aliphatic rings. The van der Waals surface area contributed by atoms with Crippen LogP contribution in [0, 0.1) is 10.1 Å². The Morgan fingerprint density at radius 2 is 2.27 bits per heavy atom. The quantitative estimate of drug-likeness (QED) is 0.524. The smallest absolute Gasteiger partial charge is 0.286 e. The van der Waals surface area contributed by atoms with E-state index < -0.39 is 16.5 Å². The second-order valence-electron chi connectivity index (χ2n) is 5.25. The zero-order valence-electron chi connectivity index (χ0n) is 12.5. The van der Waals surface area contributed by atoms with Crippen LogP contribution in [-0.2, 0) is 0 Å². The molecule has 0 saturated carbocycles. The van der Waals surface area contributed by atoms with Crippen molar-refractivity contribution in [2.24, 2.45) is 0 Å². The molecule has 7 nitrogen and oxygen atoms in total. The molecule has 0 aromatic heterocycles. The summed E-state index contributed by atoms with van der Waals surface area (Å²) in [7, 11) is 1.32. The number of benzene rings is 1. The second kappa shape index (κ2) is 6.05. The summed E-state index contributed by atoms with van der Waals surface area (Å²) < 4.78 is 4.95. The number of rotatable bonds is 4. The molecule has 1 aliphatic heterocycles. The van der Waals surface area contributed by atoms with Crippen LogP contribution in [0.2, 0.25) is 0 Å². The first-order valence-corrected chi connectivity index (χ1v) is 6.92. The molecule has 0 radical (unpaired) electrons. The molecule has 0 aliphatic carbocycles. The van der Waals surface area contributed by atoms with Crippen molar-refractivity contribution in [1.82, 2.24) is 4.90 Å². The monoisotopic (exact) mass is 306 g/mol. The van der Waals surface area contributed by atoms with Gasteiger partial charge in [-0.25, -0.2) is 0 Å². The van der Waals surface area contributed by atoms with Gasteiger partial charge in [0.25, 0.3) is 11.6 Å². The minimum absolute atomic E-state index is 0.0144. The number of methoxy groups -OCH3 is 1. The van der Waals surface area contributed by atoms with Gasteiger partial charge in [0.2, 0.25) is 0 Å². The predicted molar refractivity (Wildman–Crippen MR) is 80.2 cm³/mol. The van der Waals surface area contributed by atoms with Gasteiger partial charge in [-0.05, 0) is 12.8 Å². The maximum absolute atomic E-state index is 12.7. The lowest BCUT2D eigenvalue weighted by atomic mass is 10.1. The number of carbonyl (C=O) groups is 1. The number of likely N-dealkylation sites (tertiary alicyclic amines) is 1. The van der Waals surface area contributed by atoms with Crippen LogP contribution in [0.5, 0.6) is 11.5 Å². The van der Waals surface area contributed by atoms with Gasteiger partial charge in [-0.15, -0.1) is 0 Å². The highest BCUT2D eigenvalue weighted by Crippen LogP contribution is 2.35. The summed E-state index contributed by atoms with van der Waals surface area (Å²) in [6.45, 7) is 6.23. The van der Waals surface area contributed by atoms with Crippen molar-refractivity contribution in [1.29, 1.82) is 0 Å². The third-order valence-electron chi connectivity index (χ3n) is 3.82. The molecule has 0 bridgehead atoms. The zero-order chi connectivity index (χ0) is 16.4. The van der Waals surface area contributed by atoms with Crippen molar-refractivity contribution in [3.63, 3.8) is 0 Å². The van der Waals surface area contributed by atoms with Gasteiger partial charge in [0.15, 0.2) is 11.5 Å². The van der Waals surface area contributed by atoms with E-state index in [-0.39, 0.29) is 23.1 Å². The van der Waals surface area contributed by atoms with Crippen LogP contribution >= 0.6 is 0 Å². The van der Waals surface area contributed by atoms with Crippen LogP contribution in [0.15, 0.2) is 24.3 Å². The van der Waals surface area contributed by atoms with E-state index in [1.807, 2.05) is 6.92 Å². The lowest BCUT2D eigenvalue weighted by Gasteiger charge is -2.23. The predicted octanol–water partition coefficient (Wildman–Crippen LogP) is 2.49. The van der Waals surface area contributed by atoms with E-state index in [1.165, 1.54) is 13.2 Å². The first-order valence-electron chi connectivity index (χ1n) is 6.92. The van der Waals surface area contributed by atoms with E-state index in [1.54, 1.807) is 4.90 Å². The lowest BCUT2D eigenvalue weighted by Crippen LogP contribution is -2.35.